The number of para-hydroxylation sites is 3. The summed E-state index contributed by atoms with van der Waals surface area (Å²) in [6.07, 6.45) is 7.80. The van der Waals surface area contributed by atoms with Crippen molar-refractivity contribution in [2.75, 3.05) is 0 Å². The number of allylic oxidation sites excluding steroid dienone is 5. The zero-order chi connectivity index (χ0) is 42.7. The van der Waals surface area contributed by atoms with Crippen LogP contribution in [0.5, 0.6) is 0 Å². The van der Waals surface area contributed by atoms with E-state index in [9.17, 15) is 0 Å². The Kier molecular flexibility index (Phi) is 9.02. The summed E-state index contributed by atoms with van der Waals surface area (Å²) in [5, 5.41) is 7.38. The highest BCUT2D eigenvalue weighted by Gasteiger charge is 2.22. The molecule has 4 heterocycles. The summed E-state index contributed by atoms with van der Waals surface area (Å²) in [5.74, 6) is 0.700. The molecule has 64 heavy (non-hydrogen) atoms. The van der Waals surface area contributed by atoms with Crippen molar-refractivity contribution < 1.29 is 0 Å². The van der Waals surface area contributed by atoms with E-state index in [1.54, 1.807) is 6.08 Å². The maximum absolute atomic E-state index is 5.28. The molecule has 0 aliphatic rings. The summed E-state index contributed by atoms with van der Waals surface area (Å²) in [7, 11) is 0. The van der Waals surface area contributed by atoms with Crippen LogP contribution in [0.2, 0.25) is 0 Å². The van der Waals surface area contributed by atoms with Gasteiger partial charge in [-0.15, -0.1) is 11.3 Å². The van der Waals surface area contributed by atoms with E-state index in [0.717, 1.165) is 39.5 Å². The number of aromatic nitrogens is 4. The topological polar surface area (TPSA) is 35.6 Å². The molecule has 5 heteroatoms. The van der Waals surface area contributed by atoms with E-state index >= 15 is 0 Å². The van der Waals surface area contributed by atoms with Gasteiger partial charge in [-0.2, -0.15) is 0 Å². The quantitative estimate of drug-likeness (QED) is 0.143. The van der Waals surface area contributed by atoms with Crippen LogP contribution in [-0.4, -0.2) is 19.1 Å². The van der Waals surface area contributed by atoms with Crippen LogP contribution >= 0.6 is 11.3 Å². The van der Waals surface area contributed by atoms with Crippen LogP contribution in [0.15, 0.2) is 219 Å². The van der Waals surface area contributed by atoms with E-state index in [1.807, 2.05) is 41.7 Å². The molecule has 0 saturated heterocycles. The third-order valence-electron chi connectivity index (χ3n) is 12.5. The van der Waals surface area contributed by atoms with E-state index in [2.05, 4.69) is 199 Å². The molecule has 0 N–H and O–H groups in total. The third-order valence-corrected chi connectivity index (χ3v) is 13.7. The molecule has 0 radical (unpaired) electrons. The number of nitrogens with zero attached hydrogens (tertiary/aromatic N) is 4. The molecule has 0 unspecified atom stereocenters. The van der Waals surface area contributed by atoms with Crippen molar-refractivity contribution in [1.29, 1.82) is 0 Å². The minimum atomic E-state index is 0.700. The minimum absolute atomic E-state index is 0.700. The van der Waals surface area contributed by atoms with Crippen LogP contribution in [0.4, 0.5) is 0 Å². The van der Waals surface area contributed by atoms with Gasteiger partial charge in [-0.1, -0.05) is 146 Å². The second kappa shape index (κ2) is 15.3. The van der Waals surface area contributed by atoms with Crippen molar-refractivity contribution in [2.45, 2.75) is 6.92 Å². The first kappa shape index (κ1) is 37.6. The maximum atomic E-state index is 5.28. The van der Waals surface area contributed by atoms with E-state index in [0.29, 0.717) is 5.82 Å². The molecule has 302 valence electrons. The summed E-state index contributed by atoms with van der Waals surface area (Å²) in [5.41, 5.74) is 14.3. The smallest absolute Gasteiger partial charge is 0.160 e. The van der Waals surface area contributed by atoms with Gasteiger partial charge in [0, 0.05) is 58.5 Å². The van der Waals surface area contributed by atoms with Crippen molar-refractivity contribution in [1.82, 2.24) is 19.1 Å². The van der Waals surface area contributed by atoms with Gasteiger partial charge in [-0.25, -0.2) is 9.97 Å². The Hall–Kier alpha value is -8.12. The Morgan fingerprint density at radius 3 is 1.81 bits per heavy atom. The maximum Gasteiger partial charge on any atom is 0.160 e. The van der Waals surface area contributed by atoms with Crippen LogP contribution in [0.25, 0.3) is 115 Å². The molecule has 4 nitrogen and oxygen atoms in total. The van der Waals surface area contributed by atoms with Crippen LogP contribution in [0, 0.1) is 0 Å². The monoisotopic (exact) mass is 836 g/mol. The van der Waals surface area contributed by atoms with Crippen LogP contribution in [-0.2, 0) is 0 Å². The van der Waals surface area contributed by atoms with E-state index < -0.39 is 0 Å². The van der Waals surface area contributed by atoms with Crippen molar-refractivity contribution in [3.63, 3.8) is 0 Å². The van der Waals surface area contributed by atoms with Crippen molar-refractivity contribution in [3.05, 3.63) is 225 Å². The van der Waals surface area contributed by atoms with Crippen molar-refractivity contribution in [3.8, 4) is 45.1 Å². The minimum Gasteiger partial charge on any atom is -0.309 e. The predicted octanol–water partition coefficient (Wildman–Crippen LogP) is 16.2. The molecule has 4 aromatic heterocycles. The predicted molar refractivity (Wildman–Crippen MR) is 273 cm³/mol. The highest BCUT2D eigenvalue weighted by Crippen LogP contribution is 2.46. The van der Waals surface area contributed by atoms with Crippen molar-refractivity contribution in [2.24, 2.45) is 0 Å². The highest BCUT2D eigenvalue weighted by atomic mass is 32.1. The number of benzene rings is 8. The molecule has 0 atom stereocenters. The molecule has 8 aromatic carbocycles. The van der Waals surface area contributed by atoms with Crippen LogP contribution in [0.3, 0.4) is 0 Å². The molecule has 0 fully saturated rings. The fourth-order valence-electron chi connectivity index (χ4n) is 9.49. The molecular formula is C59H40N4S. The molecule has 0 amide bonds. The first-order valence-corrected chi connectivity index (χ1v) is 22.4. The molecule has 0 spiro atoms. The van der Waals surface area contributed by atoms with E-state index in [-0.39, 0.29) is 0 Å². The zero-order valence-electron chi connectivity index (χ0n) is 35.1. The SMILES string of the molecule is C=C/C=C\C=C(/C)c1cc(-c2ccc(-n3c4ccccc4c4cc(-c5ccc6c(c5)c5ccccc5n6-c5ccccc5)ccc43)c3c2sc2ccccc23)nc(-c2ccccc2)n1. The van der Waals surface area contributed by atoms with Gasteiger partial charge in [0.05, 0.1) is 39.1 Å². The lowest BCUT2D eigenvalue weighted by molar-refractivity contribution is 1.15. The Morgan fingerprint density at radius 2 is 1.11 bits per heavy atom. The molecule has 0 saturated carbocycles. The molecule has 0 aliphatic carbocycles. The Morgan fingerprint density at radius 1 is 0.516 bits per heavy atom. The summed E-state index contributed by atoms with van der Waals surface area (Å²) in [4.78, 5) is 10.4. The molecular weight excluding hydrogens is 797 g/mol. The molecule has 0 bridgehead atoms. The molecule has 12 aromatic rings. The lowest BCUT2D eigenvalue weighted by Crippen LogP contribution is -1.99. The Labute approximate surface area is 374 Å². The Bertz CT molecular complexity index is 3860. The number of rotatable bonds is 8. The third kappa shape index (κ3) is 6.12. The van der Waals surface area contributed by atoms with Gasteiger partial charge < -0.3 is 9.13 Å². The van der Waals surface area contributed by atoms with E-state index in [1.165, 1.54) is 74.9 Å². The van der Waals surface area contributed by atoms with Crippen LogP contribution < -0.4 is 0 Å². The summed E-state index contributed by atoms with van der Waals surface area (Å²) >= 11 is 1.83. The van der Waals surface area contributed by atoms with Gasteiger partial charge >= 0.3 is 0 Å². The fraction of sp³-hybridized carbons (Fsp3) is 0.0169. The summed E-state index contributed by atoms with van der Waals surface area (Å²) in [6.45, 7) is 5.94. The second-order valence-electron chi connectivity index (χ2n) is 16.2. The average molecular weight is 837 g/mol. The number of thiophene rings is 1. The van der Waals surface area contributed by atoms with Gasteiger partial charge in [0.15, 0.2) is 5.82 Å². The first-order valence-electron chi connectivity index (χ1n) is 21.6. The highest BCUT2D eigenvalue weighted by molar-refractivity contribution is 7.26. The first-order chi connectivity index (χ1) is 31.6. The lowest BCUT2D eigenvalue weighted by Gasteiger charge is -2.14. The van der Waals surface area contributed by atoms with E-state index in [4.69, 9.17) is 9.97 Å². The number of hydrogen-bond acceptors (Lipinski definition) is 3. The van der Waals surface area contributed by atoms with Gasteiger partial charge in [0.2, 0.25) is 0 Å². The van der Waals surface area contributed by atoms with Gasteiger partial charge in [0.25, 0.3) is 0 Å². The van der Waals surface area contributed by atoms with Crippen molar-refractivity contribution >= 4 is 80.7 Å². The molecule has 0 aliphatic heterocycles. The largest absolute Gasteiger partial charge is 0.309 e. The van der Waals surface area contributed by atoms with Gasteiger partial charge in [-0.3, -0.25) is 0 Å². The fourth-order valence-corrected chi connectivity index (χ4v) is 10.7. The van der Waals surface area contributed by atoms with Crippen LogP contribution in [0.1, 0.15) is 12.6 Å². The second-order valence-corrected chi connectivity index (χ2v) is 17.3. The Balaban J connectivity index is 1.05. The normalized spacial score (nSPS) is 12.2. The van der Waals surface area contributed by atoms with Gasteiger partial charge in [0.1, 0.15) is 0 Å². The summed E-state index contributed by atoms with van der Waals surface area (Å²) < 4.78 is 7.27. The molecule has 12 rings (SSSR count). The lowest BCUT2D eigenvalue weighted by atomic mass is 10.0. The van der Waals surface area contributed by atoms with Gasteiger partial charge in [-0.05, 0) is 96.4 Å². The number of hydrogen-bond donors (Lipinski definition) is 0. The summed E-state index contributed by atoms with van der Waals surface area (Å²) in [6, 6.07) is 67.9. The zero-order valence-corrected chi connectivity index (χ0v) is 35.9. The average Bonchev–Trinajstić information content (AvgIpc) is 4.02. The standard InChI is InChI=1S/C59H40N4S/c1-3-4-7-18-38(2)49-37-50(61-59(60-49)39-19-8-5-9-20-39)45-31-34-55(57-46-25-14-17-28-56(46)64-58(45)57)63-52-27-16-13-24-44(52)48-36-41(30-33-54(48)63)40-29-32-53-47(35-40)43-23-12-15-26-51(43)62(53)42-21-10-6-11-22-42/h3-37H,1H2,2H3/b7-4-,38-18+. The number of fused-ring (bicyclic) bond motifs is 9.